The van der Waals surface area contributed by atoms with Crippen molar-refractivity contribution in [2.75, 3.05) is 34.6 Å². The van der Waals surface area contributed by atoms with Gasteiger partial charge in [0.05, 0.1) is 6.34 Å². The van der Waals surface area contributed by atoms with Crippen LogP contribution in [0, 0.1) is 11.7 Å². The van der Waals surface area contributed by atoms with Crippen LogP contribution < -0.4 is 0 Å². The number of aliphatic imine (C=N–C) groups is 1. The van der Waals surface area contributed by atoms with Crippen molar-refractivity contribution in [3.8, 4) is 11.1 Å². The highest BCUT2D eigenvalue weighted by atomic mass is 32.2. The molecule has 5 nitrogen and oxygen atoms in total. The summed E-state index contributed by atoms with van der Waals surface area (Å²) < 4.78 is 28.7. The molecule has 7 heteroatoms. The number of aromatic nitrogens is 1. The number of hydrogen-bond donors (Lipinski definition) is 1. The van der Waals surface area contributed by atoms with Crippen molar-refractivity contribution >= 4 is 28.0 Å². The van der Waals surface area contributed by atoms with Crippen molar-refractivity contribution < 1.29 is 13.3 Å². The molecular formula is C25H34FN3O2S. The van der Waals surface area contributed by atoms with Gasteiger partial charge < -0.3 is 14.6 Å². The molecular weight excluding hydrogens is 425 g/mol. The SMILES string of the molecule is C=C(C(C)C)N(C)C=NC.COC.CS(=O)c1ccc(-c2c[nH]c3cc(F)ccc23)cc1. The number of benzene rings is 2. The van der Waals surface area contributed by atoms with Gasteiger partial charge in [-0.2, -0.15) is 0 Å². The van der Waals surface area contributed by atoms with E-state index >= 15 is 0 Å². The number of allylic oxidation sites excluding steroid dienone is 1. The van der Waals surface area contributed by atoms with E-state index in [1.54, 1.807) is 39.9 Å². The fourth-order valence-corrected chi connectivity index (χ4v) is 3.34. The molecule has 0 fully saturated rings. The zero-order valence-corrected chi connectivity index (χ0v) is 20.8. The molecule has 0 aliphatic heterocycles. The van der Waals surface area contributed by atoms with Crippen molar-refractivity contribution in [3.63, 3.8) is 0 Å². The third kappa shape index (κ3) is 8.05. The number of methoxy groups -OCH3 is 1. The maximum absolute atomic E-state index is 13.1. The minimum absolute atomic E-state index is 0.252. The molecule has 3 rings (SSSR count). The third-order valence-electron chi connectivity index (χ3n) is 4.55. The number of hydrogen-bond acceptors (Lipinski definition) is 3. The molecule has 1 unspecified atom stereocenters. The molecule has 1 atom stereocenters. The summed E-state index contributed by atoms with van der Waals surface area (Å²) >= 11 is 0. The van der Waals surface area contributed by atoms with Gasteiger partial charge in [0.2, 0.25) is 0 Å². The van der Waals surface area contributed by atoms with Crippen LogP contribution in [0.3, 0.4) is 0 Å². The molecule has 174 valence electrons. The summed E-state index contributed by atoms with van der Waals surface area (Å²) in [5.41, 5.74) is 3.90. The van der Waals surface area contributed by atoms with Gasteiger partial charge in [0.25, 0.3) is 0 Å². The Morgan fingerprint density at radius 2 is 1.81 bits per heavy atom. The Kier molecular flexibility index (Phi) is 11.6. The van der Waals surface area contributed by atoms with Crippen LogP contribution in [0.5, 0.6) is 0 Å². The predicted molar refractivity (Wildman–Crippen MR) is 135 cm³/mol. The van der Waals surface area contributed by atoms with Crippen molar-refractivity contribution in [1.82, 2.24) is 9.88 Å². The number of nitrogens with zero attached hydrogens (tertiary/aromatic N) is 2. The van der Waals surface area contributed by atoms with Gasteiger partial charge in [0, 0.05) is 78.6 Å². The summed E-state index contributed by atoms with van der Waals surface area (Å²) in [6, 6.07) is 12.3. The topological polar surface area (TPSA) is 57.7 Å². The number of H-pyrrole nitrogens is 1. The highest BCUT2D eigenvalue weighted by Crippen LogP contribution is 2.29. The van der Waals surface area contributed by atoms with E-state index in [1.807, 2.05) is 42.4 Å². The smallest absolute Gasteiger partial charge is 0.125 e. The highest BCUT2D eigenvalue weighted by molar-refractivity contribution is 7.84. The van der Waals surface area contributed by atoms with Crippen molar-refractivity contribution in [2.24, 2.45) is 10.9 Å². The molecule has 1 heterocycles. The lowest BCUT2D eigenvalue weighted by Gasteiger charge is -2.18. The minimum atomic E-state index is -0.972. The first-order valence-corrected chi connectivity index (χ1v) is 11.7. The van der Waals surface area contributed by atoms with E-state index in [-0.39, 0.29) is 5.82 Å². The first-order chi connectivity index (χ1) is 15.2. The molecule has 0 bridgehead atoms. The summed E-state index contributed by atoms with van der Waals surface area (Å²) in [6.07, 6.45) is 5.29. The summed E-state index contributed by atoms with van der Waals surface area (Å²) in [4.78, 5) is 9.68. The zero-order chi connectivity index (χ0) is 24.3. The Morgan fingerprint density at radius 1 is 1.22 bits per heavy atom. The summed E-state index contributed by atoms with van der Waals surface area (Å²) in [6.45, 7) is 8.13. The van der Waals surface area contributed by atoms with E-state index in [1.165, 1.54) is 12.1 Å². The van der Waals surface area contributed by atoms with Gasteiger partial charge in [0.15, 0.2) is 0 Å². The van der Waals surface area contributed by atoms with Crippen LogP contribution >= 0.6 is 0 Å². The van der Waals surface area contributed by atoms with Crippen LogP contribution in [0.2, 0.25) is 0 Å². The van der Waals surface area contributed by atoms with Crippen LogP contribution in [-0.2, 0) is 15.5 Å². The number of rotatable bonds is 5. The summed E-state index contributed by atoms with van der Waals surface area (Å²) in [5.74, 6) is 0.237. The normalized spacial score (nSPS) is 11.5. The Morgan fingerprint density at radius 3 is 2.31 bits per heavy atom. The molecule has 1 aromatic heterocycles. The van der Waals surface area contributed by atoms with Gasteiger partial charge in [-0.05, 0) is 41.8 Å². The Labute approximate surface area is 193 Å². The van der Waals surface area contributed by atoms with Crippen LogP contribution in [-0.4, -0.2) is 55.0 Å². The Balaban J connectivity index is 0.000000335. The lowest BCUT2D eigenvalue weighted by molar-refractivity contribution is 0.277. The molecule has 0 amide bonds. The molecule has 0 spiro atoms. The number of halogens is 1. The molecule has 3 aromatic rings. The number of fused-ring (bicyclic) bond motifs is 1. The number of ether oxygens (including phenoxy) is 1. The fraction of sp³-hybridized carbons (Fsp3) is 0.320. The second-order valence-electron chi connectivity index (χ2n) is 7.41. The monoisotopic (exact) mass is 459 g/mol. The third-order valence-corrected chi connectivity index (χ3v) is 5.49. The maximum atomic E-state index is 13.1. The van der Waals surface area contributed by atoms with E-state index in [2.05, 4.69) is 35.1 Å². The van der Waals surface area contributed by atoms with E-state index < -0.39 is 10.8 Å². The molecule has 0 saturated heterocycles. The molecule has 32 heavy (non-hydrogen) atoms. The average Bonchev–Trinajstić information content (AvgIpc) is 3.17. The Hall–Kier alpha value is -2.77. The average molecular weight is 460 g/mol. The molecule has 0 aliphatic carbocycles. The van der Waals surface area contributed by atoms with Crippen molar-refractivity contribution in [1.29, 1.82) is 0 Å². The molecule has 0 radical (unpaired) electrons. The van der Waals surface area contributed by atoms with E-state index in [0.717, 1.165) is 32.6 Å². The first-order valence-electron chi connectivity index (χ1n) is 10.1. The fourth-order valence-electron chi connectivity index (χ4n) is 2.82. The van der Waals surface area contributed by atoms with Crippen LogP contribution in [0.4, 0.5) is 4.39 Å². The molecule has 2 aromatic carbocycles. The number of aromatic amines is 1. The minimum Gasteiger partial charge on any atom is -0.388 e. The number of nitrogens with one attached hydrogen (secondary N) is 1. The van der Waals surface area contributed by atoms with Gasteiger partial charge in [0.1, 0.15) is 5.82 Å². The second kappa shape index (κ2) is 13.6. The lowest BCUT2D eigenvalue weighted by Crippen LogP contribution is -2.18. The quantitative estimate of drug-likeness (QED) is 0.392. The van der Waals surface area contributed by atoms with E-state index in [4.69, 9.17) is 0 Å². The second-order valence-corrected chi connectivity index (χ2v) is 8.79. The highest BCUT2D eigenvalue weighted by Gasteiger charge is 2.07. The first kappa shape index (κ1) is 27.3. The van der Waals surface area contributed by atoms with Crippen LogP contribution in [0.25, 0.3) is 22.0 Å². The van der Waals surface area contributed by atoms with Crippen molar-refractivity contribution in [3.05, 3.63) is 66.8 Å². The lowest BCUT2D eigenvalue weighted by atomic mass is 10.1. The van der Waals surface area contributed by atoms with Crippen molar-refractivity contribution in [2.45, 2.75) is 18.7 Å². The molecule has 0 saturated carbocycles. The van der Waals surface area contributed by atoms with Crippen LogP contribution in [0.1, 0.15) is 13.8 Å². The van der Waals surface area contributed by atoms with E-state index in [9.17, 15) is 8.60 Å². The standard InChI is InChI=1S/C15H12FNOS.C8H16N2.C2H6O/c1-19(18)12-5-2-10(3-6-12)14-9-17-15-8-11(16)4-7-13(14)15;1-7(2)8(3)10(5)6-9-4;1-3-2/h2-9,17H,1H3;6-7H,3H2,1-2,4-5H3;1-2H3. The summed E-state index contributed by atoms with van der Waals surface area (Å²) in [7, 11) is 5.99. The van der Waals surface area contributed by atoms with Gasteiger partial charge >= 0.3 is 0 Å². The Bertz CT molecular complexity index is 1040. The summed E-state index contributed by atoms with van der Waals surface area (Å²) in [5, 5.41) is 0.978. The molecule has 1 N–H and O–H groups in total. The van der Waals surface area contributed by atoms with E-state index in [0.29, 0.717) is 5.92 Å². The van der Waals surface area contributed by atoms with Gasteiger partial charge in [-0.15, -0.1) is 0 Å². The van der Waals surface area contributed by atoms with Gasteiger partial charge in [-0.3, -0.25) is 9.20 Å². The van der Waals surface area contributed by atoms with Crippen LogP contribution in [0.15, 0.2) is 70.8 Å². The van der Waals surface area contributed by atoms with Gasteiger partial charge in [-0.25, -0.2) is 4.39 Å². The largest absolute Gasteiger partial charge is 0.388 e. The molecule has 0 aliphatic rings. The predicted octanol–water partition coefficient (Wildman–Crippen LogP) is 5.72. The zero-order valence-electron chi connectivity index (χ0n) is 20.0. The maximum Gasteiger partial charge on any atom is 0.125 e. The van der Waals surface area contributed by atoms with Gasteiger partial charge in [-0.1, -0.05) is 32.6 Å².